The smallest absolute Gasteiger partial charge is 0.191 e. The largest absolute Gasteiger partial charge is 0.383 e. The van der Waals surface area contributed by atoms with Crippen LogP contribution in [0.5, 0.6) is 0 Å². The number of rotatable bonds is 11. The number of morpholine rings is 1. The van der Waals surface area contributed by atoms with E-state index in [-0.39, 0.29) is 30.1 Å². The first-order valence-electron chi connectivity index (χ1n) is 10.3. The number of aryl methyl sites for hydroxylation is 1. The van der Waals surface area contributed by atoms with E-state index in [1.54, 1.807) is 13.4 Å². The van der Waals surface area contributed by atoms with Gasteiger partial charge in [-0.3, -0.25) is 9.89 Å². The zero-order valence-corrected chi connectivity index (χ0v) is 20.6. The van der Waals surface area contributed by atoms with Crippen LogP contribution in [0.3, 0.4) is 0 Å². The van der Waals surface area contributed by atoms with Gasteiger partial charge in [0.25, 0.3) is 0 Å². The minimum absolute atomic E-state index is 0. The van der Waals surface area contributed by atoms with Crippen molar-refractivity contribution in [2.24, 2.45) is 10.9 Å². The van der Waals surface area contributed by atoms with Crippen molar-refractivity contribution in [1.82, 2.24) is 30.3 Å². The third kappa shape index (κ3) is 10.1. The first kappa shape index (κ1) is 26.1. The van der Waals surface area contributed by atoms with Gasteiger partial charge in [0.1, 0.15) is 12.2 Å². The molecule has 1 fully saturated rings. The highest BCUT2D eigenvalue weighted by molar-refractivity contribution is 14.0. The molecule has 1 aliphatic heterocycles. The Bertz CT molecular complexity index is 583. The summed E-state index contributed by atoms with van der Waals surface area (Å²) in [6.45, 7) is 14.0. The molecule has 1 saturated heterocycles. The van der Waals surface area contributed by atoms with Crippen LogP contribution in [0.4, 0.5) is 0 Å². The number of nitrogens with zero attached hydrogens (tertiary/aromatic N) is 5. The monoisotopic (exact) mass is 523 g/mol. The number of methoxy groups -OCH3 is 1. The Morgan fingerprint density at radius 2 is 2.17 bits per heavy atom. The van der Waals surface area contributed by atoms with Crippen LogP contribution < -0.4 is 10.6 Å². The molecule has 10 heteroatoms. The topological polar surface area (TPSA) is 88.8 Å². The predicted octanol–water partition coefficient (Wildman–Crippen LogP) is 0.997. The van der Waals surface area contributed by atoms with Gasteiger partial charge in [0.05, 0.1) is 25.9 Å². The highest BCUT2D eigenvalue weighted by Gasteiger charge is 2.20. The Hall–Kier alpha value is -0.980. The second kappa shape index (κ2) is 14.9. The molecular weight excluding hydrogens is 485 g/mol. The lowest BCUT2D eigenvalue weighted by molar-refractivity contribution is -0.0261. The van der Waals surface area contributed by atoms with Crippen LogP contribution in [0.15, 0.2) is 11.3 Å². The summed E-state index contributed by atoms with van der Waals surface area (Å²) in [6.07, 6.45) is 2.78. The molecule has 0 saturated carbocycles. The number of aromatic nitrogens is 3. The van der Waals surface area contributed by atoms with Gasteiger partial charge in [0, 0.05) is 52.8 Å². The van der Waals surface area contributed by atoms with Gasteiger partial charge in [-0.1, -0.05) is 20.8 Å². The van der Waals surface area contributed by atoms with E-state index >= 15 is 0 Å². The van der Waals surface area contributed by atoms with Gasteiger partial charge in [-0.15, -0.1) is 34.2 Å². The molecule has 1 aliphatic rings. The van der Waals surface area contributed by atoms with Crippen molar-refractivity contribution in [3.8, 4) is 0 Å². The van der Waals surface area contributed by atoms with Gasteiger partial charge in [-0.05, 0) is 5.92 Å². The van der Waals surface area contributed by atoms with Gasteiger partial charge in [0.2, 0.25) is 0 Å². The average Bonchev–Trinajstić information content (AvgIpc) is 3.13. The lowest BCUT2D eigenvalue weighted by atomic mass is 10.2. The van der Waals surface area contributed by atoms with E-state index < -0.39 is 0 Å². The lowest BCUT2D eigenvalue weighted by Crippen LogP contribution is -2.46. The Kier molecular flexibility index (Phi) is 13.4. The Labute approximate surface area is 192 Å². The maximum atomic E-state index is 5.91. The van der Waals surface area contributed by atoms with E-state index in [4.69, 9.17) is 14.5 Å². The van der Waals surface area contributed by atoms with E-state index in [1.807, 2.05) is 0 Å². The van der Waals surface area contributed by atoms with Crippen LogP contribution in [0.25, 0.3) is 0 Å². The Morgan fingerprint density at radius 1 is 1.38 bits per heavy atom. The van der Waals surface area contributed by atoms with Crippen LogP contribution in [-0.4, -0.2) is 91.3 Å². The Morgan fingerprint density at radius 3 is 2.90 bits per heavy atom. The molecule has 168 valence electrons. The van der Waals surface area contributed by atoms with E-state index in [0.29, 0.717) is 25.6 Å². The van der Waals surface area contributed by atoms with Gasteiger partial charge < -0.3 is 24.7 Å². The number of halogens is 1. The number of nitrogens with one attached hydrogen (secondary N) is 2. The fourth-order valence-corrected chi connectivity index (χ4v) is 3.25. The number of ether oxygens (including phenoxy) is 2. The maximum absolute atomic E-state index is 5.91. The molecule has 0 bridgehead atoms. The molecule has 1 aromatic rings. The van der Waals surface area contributed by atoms with Crippen molar-refractivity contribution in [1.29, 1.82) is 0 Å². The van der Waals surface area contributed by atoms with E-state index in [1.165, 1.54) is 0 Å². The van der Waals surface area contributed by atoms with Crippen LogP contribution in [0.2, 0.25) is 0 Å². The quantitative estimate of drug-likeness (QED) is 0.194. The van der Waals surface area contributed by atoms with Gasteiger partial charge in [-0.2, -0.15) is 0 Å². The molecule has 1 atom stereocenters. The zero-order chi connectivity index (χ0) is 20.2. The highest BCUT2D eigenvalue weighted by atomic mass is 127. The summed E-state index contributed by atoms with van der Waals surface area (Å²) in [5.41, 5.74) is 0. The fraction of sp³-hybridized carbons (Fsp3) is 0.842. The normalized spacial score (nSPS) is 18.0. The lowest BCUT2D eigenvalue weighted by Gasteiger charge is -2.33. The fourth-order valence-electron chi connectivity index (χ4n) is 3.25. The van der Waals surface area contributed by atoms with Crippen LogP contribution in [0, 0.1) is 5.92 Å². The number of aliphatic imine (C=N–C) groups is 1. The standard InChI is InChI=1S/C19H37N7O2.HI/c1-5-18-24-23-15-26(18)8-6-20-19(21-7-10-27-4)22-12-17-14-25(9-11-28-17)13-16(2)3;/h15-17H,5-14H2,1-4H3,(H2,20,21,22);1H. The maximum Gasteiger partial charge on any atom is 0.191 e. The van der Waals surface area contributed by atoms with E-state index in [9.17, 15) is 0 Å². The molecular formula is C19H38IN7O2. The molecule has 2 N–H and O–H groups in total. The van der Waals surface area contributed by atoms with Crippen molar-refractivity contribution in [3.05, 3.63) is 12.2 Å². The zero-order valence-electron chi connectivity index (χ0n) is 18.3. The number of guanidine groups is 1. The third-order valence-electron chi connectivity index (χ3n) is 4.56. The molecule has 1 unspecified atom stereocenters. The first-order valence-corrected chi connectivity index (χ1v) is 10.3. The van der Waals surface area contributed by atoms with Gasteiger partial charge in [0.15, 0.2) is 5.96 Å². The molecule has 0 amide bonds. The summed E-state index contributed by atoms with van der Waals surface area (Å²) in [5.74, 6) is 2.45. The van der Waals surface area contributed by atoms with E-state index in [0.717, 1.165) is 57.5 Å². The summed E-state index contributed by atoms with van der Waals surface area (Å²) in [7, 11) is 1.70. The molecule has 2 heterocycles. The SMILES string of the molecule is CCc1nncn1CCNC(=NCC1CN(CC(C)C)CCO1)NCCOC.I. The first-order chi connectivity index (χ1) is 13.6. The van der Waals surface area contributed by atoms with Crippen molar-refractivity contribution in [2.45, 2.75) is 39.8 Å². The van der Waals surface area contributed by atoms with Crippen LogP contribution in [-0.2, 0) is 22.4 Å². The van der Waals surface area contributed by atoms with Crippen molar-refractivity contribution < 1.29 is 9.47 Å². The van der Waals surface area contributed by atoms with Crippen molar-refractivity contribution in [3.63, 3.8) is 0 Å². The van der Waals surface area contributed by atoms with Crippen molar-refractivity contribution >= 4 is 29.9 Å². The Balaban J connectivity index is 0.00000420. The predicted molar refractivity (Wildman–Crippen MR) is 126 cm³/mol. The summed E-state index contributed by atoms with van der Waals surface area (Å²) < 4.78 is 13.1. The van der Waals surface area contributed by atoms with Crippen molar-refractivity contribution in [2.75, 3.05) is 59.6 Å². The number of hydrogen-bond donors (Lipinski definition) is 2. The molecule has 0 radical (unpaired) electrons. The van der Waals surface area contributed by atoms with Crippen LogP contribution >= 0.6 is 24.0 Å². The third-order valence-corrected chi connectivity index (χ3v) is 4.56. The molecule has 2 rings (SSSR count). The van der Waals surface area contributed by atoms with Gasteiger partial charge >= 0.3 is 0 Å². The average molecular weight is 523 g/mol. The number of hydrogen-bond acceptors (Lipinski definition) is 6. The molecule has 1 aromatic heterocycles. The summed E-state index contributed by atoms with van der Waals surface area (Å²) >= 11 is 0. The van der Waals surface area contributed by atoms with Gasteiger partial charge in [-0.25, -0.2) is 0 Å². The summed E-state index contributed by atoms with van der Waals surface area (Å²) in [4.78, 5) is 7.21. The molecule has 9 nitrogen and oxygen atoms in total. The van der Waals surface area contributed by atoms with Crippen LogP contribution in [0.1, 0.15) is 26.6 Å². The summed E-state index contributed by atoms with van der Waals surface area (Å²) in [5, 5.41) is 14.8. The minimum Gasteiger partial charge on any atom is -0.383 e. The second-order valence-corrected chi connectivity index (χ2v) is 7.48. The molecule has 0 aromatic carbocycles. The highest BCUT2D eigenvalue weighted by Crippen LogP contribution is 2.08. The summed E-state index contributed by atoms with van der Waals surface area (Å²) in [6, 6.07) is 0. The molecule has 29 heavy (non-hydrogen) atoms. The molecule has 0 aliphatic carbocycles. The molecule has 0 spiro atoms. The van der Waals surface area contributed by atoms with E-state index in [2.05, 4.69) is 51.1 Å². The second-order valence-electron chi connectivity index (χ2n) is 7.48. The minimum atomic E-state index is 0.